The van der Waals surface area contributed by atoms with Crippen molar-refractivity contribution in [1.29, 1.82) is 0 Å². The number of carbonyl (C=O) groups excluding carboxylic acids is 2. The van der Waals surface area contributed by atoms with Crippen molar-refractivity contribution in [2.45, 2.75) is 45.6 Å². The van der Waals surface area contributed by atoms with Crippen LogP contribution in [-0.2, 0) is 22.6 Å². The SMILES string of the molecule is Cc1c(NC(=O)CC(=O)Nc2ccc3nc4n(c(=O)c3c2)CCCCC4)cccc1[N+](=O)[O-]. The van der Waals surface area contributed by atoms with Gasteiger partial charge in [0.05, 0.1) is 27.1 Å². The van der Waals surface area contributed by atoms with Gasteiger partial charge in [-0.3, -0.25) is 29.1 Å². The number of hydrogen-bond donors (Lipinski definition) is 2. The van der Waals surface area contributed by atoms with Gasteiger partial charge in [0.25, 0.3) is 11.2 Å². The topological polar surface area (TPSA) is 136 Å². The number of aromatic nitrogens is 2. The summed E-state index contributed by atoms with van der Waals surface area (Å²) in [6.07, 6.45) is 3.27. The normalized spacial score (nSPS) is 13.1. The predicted molar refractivity (Wildman–Crippen MR) is 123 cm³/mol. The van der Waals surface area contributed by atoms with Crippen LogP contribution in [0, 0.1) is 17.0 Å². The van der Waals surface area contributed by atoms with Gasteiger partial charge in [-0.2, -0.15) is 0 Å². The fraction of sp³-hybridized carbons (Fsp3) is 0.304. The van der Waals surface area contributed by atoms with Crippen molar-refractivity contribution < 1.29 is 14.5 Å². The summed E-state index contributed by atoms with van der Waals surface area (Å²) in [6.45, 7) is 2.15. The number of anilines is 2. The molecule has 0 saturated carbocycles. The largest absolute Gasteiger partial charge is 0.326 e. The molecule has 1 aromatic heterocycles. The molecule has 2 N–H and O–H groups in total. The van der Waals surface area contributed by atoms with E-state index in [0.717, 1.165) is 31.5 Å². The van der Waals surface area contributed by atoms with Crippen LogP contribution in [0.15, 0.2) is 41.2 Å². The van der Waals surface area contributed by atoms with Gasteiger partial charge in [-0.25, -0.2) is 4.98 Å². The molecule has 170 valence electrons. The third-order valence-electron chi connectivity index (χ3n) is 5.70. The molecule has 0 fully saturated rings. The number of fused-ring (bicyclic) bond motifs is 2. The lowest BCUT2D eigenvalue weighted by Crippen LogP contribution is -2.25. The first kappa shape index (κ1) is 22.1. The van der Waals surface area contributed by atoms with Crippen molar-refractivity contribution in [1.82, 2.24) is 9.55 Å². The fourth-order valence-corrected chi connectivity index (χ4v) is 4.00. The van der Waals surface area contributed by atoms with Crippen molar-refractivity contribution in [3.05, 3.63) is 68.3 Å². The maximum Gasteiger partial charge on any atom is 0.274 e. The quantitative estimate of drug-likeness (QED) is 0.348. The van der Waals surface area contributed by atoms with Crippen LogP contribution in [0.5, 0.6) is 0 Å². The van der Waals surface area contributed by atoms with Gasteiger partial charge >= 0.3 is 0 Å². The molecule has 0 radical (unpaired) electrons. The molecule has 0 bridgehead atoms. The molecule has 0 aliphatic carbocycles. The second kappa shape index (κ2) is 9.19. The highest BCUT2D eigenvalue weighted by Gasteiger charge is 2.17. The number of benzene rings is 2. The average molecular weight is 449 g/mol. The van der Waals surface area contributed by atoms with E-state index in [4.69, 9.17) is 0 Å². The molecule has 10 heteroatoms. The van der Waals surface area contributed by atoms with E-state index in [9.17, 15) is 24.5 Å². The molecule has 0 spiro atoms. The van der Waals surface area contributed by atoms with Crippen LogP contribution in [0.2, 0.25) is 0 Å². The summed E-state index contributed by atoms with van der Waals surface area (Å²) in [5.74, 6) is -0.392. The monoisotopic (exact) mass is 449 g/mol. The average Bonchev–Trinajstić information content (AvgIpc) is 3.01. The fourth-order valence-electron chi connectivity index (χ4n) is 4.00. The number of aryl methyl sites for hydroxylation is 1. The zero-order valence-electron chi connectivity index (χ0n) is 18.1. The zero-order chi connectivity index (χ0) is 23.5. The molecule has 2 amide bonds. The lowest BCUT2D eigenvalue weighted by atomic mass is 10.1. The second-order valence-corrected chi connectivity index (χ2v) is 8.01. The minimum atomic E-state index is -0.607. The standard InChI is InChI=1S/C23H23N5O5/c1-14-17(6-5-7-19(14)28(32)33)26-22(30)13-21(29)24-15-9-10-18-16(12-15)23(31)27-11-4-2-3-8-20(27)25-18/h5-7,9-10,12H,2-4,8,11,13H2,1H3,(H,24,29)(H,26,30). The van der Waals surface area contributed by atoms with Crippen LogP contribution in [0.4, 0.5) is 17.1 Å². The molecular weight excluding hydrogens is 426 g/mol. The Labute approximate surface area is 188 Å². The van der Waals surface area contributed by atoms with E-state index in [1.807, 2.05) is 0 Å². The molecule has 1 aliphatic rings. The first-order valence-corrected chi connectivity index (χ1v) is 10.7. The van der Waals surface area contributed by atoms with Crippen molar-refractivity contribution in [3.8, 4) is 0 Å². The Bertz CT molecular complexity index is 1330. The van der Waals surface area contributed by atoms with Crippen LogP contribution in [0.3, 0.4) is 0 Å². The van der Waals surface area contributed by atoms with Crippen LogP contribution in [0.1, 0.15) is 37.1 Å². The van der Waals surface area contributed by atoms with Crippen LogP contribution in [0.25, 0.3) is 10.9 Å². The van der Waals surface area contributed by atoms with E-state index in [-0.39, 0.29) is 16.9 Å². The van der Waals surface area contributed by atoms with E-state index in [0.29, 0.717) is 28.7 Å². The maximum atomic E-state index is 13.0. The first-order chi connectivity index (χ1) is 15.8. The number of carbonyl (C=O) groups is 2. The minimum Gasteiger partial charge on any atom is -0.326 e. The van der Waals surface area contributed by atoms with Gasteiger partial charge in [0.2, 0.25) is 11.8 Å². The molecule has 4 rings (SSSR count). The third kappa shape index (κ3) is 4.74. The van der Waals surface area contributed by atoms with Crippen LogP contribution < -0.4 is 16.2 Å². The van der Waals surface area contributed by atoms with Crippen molar-refractivity contribution in [2.75, 3.05) is 10.6 Å². The van der Waals surface area contributed by atoms with E-state index < -0.39 is 23.2 Å². The Balaban J connectivity index is 1.47. The Morgan fingerprint density at radius 3 is 2.70 bits per heavy atom. The first-order valence-electron chi connectivity index (χ1n) is 10.7. The van der Waals surface area contributed by atoms with E-state index >= 15 is 0 Å². The summed E-state index contributed by atoms with van der Waals surface area (Å²) in [4.78, 5) is 52.8. The number of hydrogen-bond acceptors (Lipinski definition) is 6. The van der Waals surface area contributed by atoms with E-state index in [1.54, 1.807) is 22.8 Å². The number of nitrogens with one attached hydrogen (secondary N) is 2. The Kier molecular flexibility index (Phi) is 6.16. The number of nitro groups is 1. The lowest BCUT2D eigenvalue weighted by molar-refractivity contribution is -0.385. The van der Waals surface area contributed by atoms with Crippen LogP contribution in [-0.4, -0.2) is 26.3 Å². The third-order valence-corrected chi connectivity index (χ3v) is 5.70. The molecule has 1 aliphatic heterocycles. The summed E-state index contributed by atoms with van der Waals surface area (Å²) < 4.78 is 1.70. The lowest BCUT2D eigenvalue weighted by Gasteiger charge is -2.12. The maximum absolute atomic E-state index is 13.0. The number of nitrogens with zero attached hydrogens (tertiary/aromatic N) is 3. The highest BCUT2D eigenvalue weighted by Crippen LogP contribution is 2.25. The molecule has 3 aromatic rings. The van der Waals surface area contributed by atoms with E-state index in [1.165, 1.54) is 25.1 Å². The number of nitro benzene ring substituents is 1. The van der Waals surface area contributed by atoms with Gasteiger partial charge in [-0.05, 0) is 44.0 Å². The Morgan fingerprint density at radius 1 is 1.12 bits per heavy atom. The van der Waals surface area contributed by atoms with E-state index in [2.05, 4.69) is 15.6 Å². The summed E-state index contributed by atoms with van der Waals surface area (Å²) in [5.41, 5.74) is 1.29. The summed E-state index contributed by atoms with van der Waals surface area (Å²) in [6, 6.07) is 9.23. The Hall–Kier alpha value is -4.08. The van der Waals surface area contributed by atoms with Crippen LogP contribution >= 0.6 is 0 Å². The smallest absolute Gasteiger partial charge is 0.274 e. The number of rotatable bonds is 5. The van der Waals surface area contributed by atoms with Crippen molar-refractivity contribution in [3.63, 3.8) is 0 Å². The predicted octanol–water partition coefficient (Wildman–Crippen LogP) is 3.31. The second-order valence-electron chi connectivity index (χ2n) is 8.01. The summed E-state index contributed by atoms with van der Waals surface area (Å²) >= 11 is 0. The summed E-state index contributed by atoms with van der Waals surface area (Å²) in [5, 5.41) is 16.6. The molecular formula is C23H23N5O5. The molecule has 0 unspecified atom stereocenters. The molecule has 33 heavy (non-hydrogen) atoms. The Morgan fingerprint density at radius 2 is 1.91 bits per heavy atom. The van der Waals surface area contributed by atoms with Crippen molar-refractivity contribution in [2.24, 2.45) is 0 Å². The molecule has 2 aromatic carbocycles. The zero-order valence-corrected chi connectivity index (χ0v) is 18.1. The molecule has 0 saturated heterocycles. The van der Waals surface area contributed by atoms with Gasteiger partial charge in [-0.1, -0.05) is 12.5 Å². The van der Waals surface area contributed by atoms with Gasteiger partial charge in [-0.15, -0.1) is 0 Å². The van der Waals surface area contributed by atoms with Gasteiger partial charge in [0.1, 0.15) is 12.2 Å². The highest BCUT2D eigenvalue weighted by molar-refractivity contribution is 6.08. The highest BCUT2D eigenvalue weighted by atomic mass is 16.6. The van der Waals surface area contributed by atoms with Gasteiger partial charge in [0.15, 0.2) is 0 Å². The summed E-state index contributed by atoms with van der Waals surface area (Å²) in [7, 11) is 0. The molecule has 0 atom stereocenters. The van der Waals surface area contributed by atoms with Crippen molar-refractivity contribution >= 4 is 39.8 Å². The number of amides is 2. The van der Waals surface area contributed by atoms with Gasteiger partial charge in [0, 0.05) is 24.7 Å². The van der Waals surface area contributed by atoms with Gasteiger partial charge < -0.3 is 10.6 Å². The molecule has 10 nitrogen and oxygen atoms in total. The molecule has 2 heterocycles. The minimum absolute atomic E-state index is 0.119.